The third-order valence-corrected chi connectivity index (χ3v) is 11.2. The van der Waals surface area contributed by atoms with Crippen LogP contribution in [0.3, 0.4) is 0 Å². The Bertz CT molecular complexity index is 1990. The van der Waals surface area contributed by atoms with Gasteiger partial charge in [-0.2, -0.15) is 15.1 Å². The molecule has 0 radical (unpaired) electrons. The fourth-order valence-electron chi connectivity index (χ4n) is 8.70. The Kier molecular flexibility index (Phi) is 8.59. The van der Waals surface area contributed by atoms with Gasteiger partial charge in [0.2, 0.25) is 0 Å². The summed E-state index contributed by atoms with van der Waals surface area (Å²) < 4.78 is 38.2. The zero-order chi connectivity index (χ0) is 35.4. The number of fused-ring (bicyclic) bond motifs is 4. The largest absolute Gasteiger partial charge is 0.508 e. The first-order chi connectivity index (χ1) is 24.7. The lowest BCUT2D eigenvalue weighted by Crippen LogP contribution is -2.43. The summed E-state index contributed by atoms with van der Waals surface area (Å²) in [5, 5.41) is 19.7. The molecule has 4 aliphatic heterocycles. The number of nitrogens with one attached hydrogen (secondary N) is 1. The van der Waals surface area contributed by atoms with E-state index in [1.165, 1.54) is 11.0 Å². The van der Waals surface area contributed by atoms with Crippen molar-refractivity contribution >= 4 is 34.1 Å². The molecule has 4 aliphatic rings. The number of nitrogens with zero attached hydrogens (tertiary/aromatic N) is 8. The Morgan fingerprint density at radius 2 is 1.98 bits per heavy atom. The maximum absolute atomic E-state index is 15.1. The minimum absolute atomic E-state index is 0.120. The smallest absolute Gasteiger partial charge is 0.322 e. The van der Waals surface area contributed by atoms with E-state index in [0.717, 1.165) is 71.6 Å². The first kappa shape index (κ1) is 33.4. The summed E-state index contributed by atoms with van der Waals surface area (Å²) in [7, 11) is 3.29. The van der Waals surface area contributed by atoms with Gasteiger partial charge in [-0.3, -0.25) is 14.5 Å². The third kappa shape index (κ3) is 5.96. The van der Waals surface area contributed by atoms with Gasteiger partial charge in [0, 0.05) is 75.5 Å². The van der Waals surface area contributed by atoms with E-state index < -0.39 is 6.17 Å². The zero-order valence-corrected chi connectivity index (χ0v) is 29.5. The second-order valence-corrected chi connectivity index (χ2v) is 14.3. The van der Waals surface area contributed by atoms with Crippen molar-refractivity contribution in [2.75, 3.05) is 61.6 Å². The van der Waals surface area contributed by atoms with Crippen molar-refractivity contribution in [2.24, 2.45) is 0 Å². The topological polar surface area (TPSA) is 115 Å². The van der Waals surface area contributed by atoms with Crippen LogP contribution >= 0.6 is 0 Å². The molecule has 0 spiro atoms. The molecule has 2 amide bonds. The van der Waals surface area contributed by atoms with E-state index in [4.69, 9.17) is 19.8 Å². The van der Waals surface area contributed by atoms with Crippen LogP contribution in [0, 0.1) is 5.82 Å². The average molecular weight is 702 g/mol. The van der Waals surface area contributed by atoms with Crippen molar-refractivity contribution in [3.8, 4) is 11.8 Å². The van der Waals surface area contributed by atoms with Crippen LogP contribution in [-0.4, -0.2) is 94.4 Å². The molecule has 0 saturated carbocycles. The van der Waals surface area contributed by atoms with E-state index in [0.29, 0.717) is 70.0 Å². The Morgan fingerprint density at radius 1 is 1.12 bits per heavy atom. The highest BCUT2D eigenvalue weighted by atomic mass is 19.1. The zero-order valence-electron chi connectivity index (χ0n) is 29.5. The van der Waals surface area contributed by atoms with Gasteiger partial charge >= 0.3 is 12.0 Å². The summed E-state index contributed by atoms with van der Waals surface area (Å²) in [5.41, 5.74) is 3.82. The maximum Gasteiger partial charge on any atom is 0.322 e. The monoisotopic (exact) mass is 701 g/mol. The van der Waals surface area contributed by atoms with Crippen molar-refractivity contribution in [3.63, 3.8) is 0 Å². The number of aryl methyl sites for hydroxylation is 2. The highest BCUT2D eigenvalue weighted by Gasteiger charge is 2.49. The lowest BCUT2D eigenvalue weighted by Gasteiger charge is -2.35. The standard InChI is InChI=1S/C37H45F2N9O3/c1-4-27-29(39)8-7-23-15-26(49)17-31(33(23)27)45-14-9-28-30(21-45)41-35(51-22-37-10-5-12-47(37)19-24(38)18-37)42-34(28)46-11-6-13-48-25(20-46)16-32(43-48)44(3)36(50)40-2/h7-8,15-17,24,49H,4-6,9-14,18-22H2,1-3H3,(H,40,50)/t24-,37+/m1/s1. The second kappa shape index (κ2) is 13.1. The van der Waals surface area contributed by atoms with Gasteiger partial charge in [0.1, 0.15) is 30.2 Å². The van der Waals surface area contributed by atoms with Crippen LogP contribution < -0.4 is 24.8 Å². The number of hydrogen-bond donors (Lipinski definition) is 2. The predicted molar refractivity (Wildman–Crippen MR) is 191 cm³/mol. The van der Waals surface area contributed by atoms with E-state index in [1.54, 1.807) is 32.3 Å². The molecule has 0 unspecified atom stereocenters. The molecule has 6 heterocycles. The van der Waals surface area contributed by atoms with E-state index >= 15 is 4.39 Å². The fraction of sp³-hybridized carbons (Fsp3) is 0.514. The first-order valence-electron chi connectivity index (χ1n) is 18.0. The van der Waals surface area contributed by atoms with E-state index in [1.807, 2.05) is 17.7 Å². The number of benzene rings is 2. The van der Waals surface area contributed by atoms with Gasteiger partial charge in [0.05, 0.1) is 30.0 Å². The van der Waals surface area contributed by atoms with Crippen LogP contribution in [0.2, 0.25) is 0 Å². The molecule has 270 valence electrons. The molecule has 2 N–H and O–H groups in total. The number of phenols is 1. The molecular formula is C37H45F2N9O3. The summed E-state index contributed by atoms with van der Waals surface area (Å²) in [4.78, 5) is 30.5. The molecule has 51 heavy (non-hydrogen) atoms. The number of alkyl halides is 1. The number of halogens is 2. The Morgan fingerprint density at radius 3 is 2.80 bits per heavy atom. The number of carbonyl (C=O) groups excluding carboxylic acids is 1. The Labute approximate surface area is 296 Å². The van der Waals surface area contributed by atoms with Crippen molar-refractivity contribution < 1.29 is 23.4 Å². The molecule has 0 aliphatic carbocycles. The molecule has 2 fully saturated rings. The number of rotatable bonds is 7. The highest BCUT2D eigenvalue weighted by Crippen LogP contribution is 2.42. The Balaban J connectivity index is 1.17. The van der Waals surface area contributed by atoms with Crippen molar-refractivity contribution in [1.82, 2.24) is 30.0 Å². The molecule has 12 nitrogen and oxygen atoms in total. The normalized spacial score (nSPS) is 21.7. The number of urea groups is 1. The SMILES string of the molecule is CCc1c(F)ccc2cc(O)cc(N3CCc4c(nc(OC[C@@]56CCCN5C[C@H](F)C6)nc4N4CCCn5nc(N(C)C(=O)NC)cc5C4)C3)c12. The van der Waals surface area contributed by atoms with E-state index in [2.05, 4.69) is 20.0 Å². The van der Waals surface area contributed by atoms with Gasteiger partial charge in [-0.15, -0.1) is 0 Å². The van der Waals surface area contributed by atoms with Gasteiger partial charge in [0.25, 0.3) is 0 Å². The molecule has 8 rings (SSSR count). The summed E-state index contributed by atoms with van der Waals surface area (Å²) in [6, 6.07) is 8.54. The molecule has 4 aromatic rings. The first-order valence-corrected chi connectivity index (χ1v) is 18.0. The number of amides is 2. The van der Waals surface area contributed by atoms with Crippen LogP contribution in [-0.2, 0) is 32.5 Å². The summed E-state index contributed by atoms with van der Waals surface area (Å²) in [6.45, 7) is 6.54. The lowest BCUT2D eigenvalue weighted by molar-refractivity contribution is 0.107. The number of aromatic hydroxyl groups is 1. The number of aromatic nitrogens is 4. The maximum atomic E-state index is 15.1. The molecule has 2 aromatic carbocycles. The third-order valence-electron chi connectivity index (χ3n) is 11.2. The van der Waals surface area contributed by atoms with Gasteiger partial charge < -0.3 is 25.0 Å². The van der Waals surface area contributed by atoms with Crippen LogP contribution in [0.25, 0.3) is 10.8 Å². The average Bonchev–Trinajstić information content (AvgIpc) is 3.76. The van der Waals surface area contributed by atoms with Crippen LogP contribution in [0.15, 0.2) is 30.3 Å². The number of carbonyl (C=O) groups is 1. The van der Waals surface area contributed by atoms with Crippen molar-refractivity contribution in [2.45, 2.75) is 76.8 Å². The fourth-order valence-corrected chi connectivity index (χ4v) is 8.70. The summed E-state index contributed by atoms with van der Waals surface area (Å²) >= 11 is 0. The van der Waals surface area contributed by atoms with Crippen LogP contribution in [0.4, 0.5) is 30.9 Å². The van der Waals surface area contributed by atoms with E-state index in [-0.39, 0.29) is 29.1 Å². The molecule has 0 bridgehead atoms. The highest BCUT2D eigenvalue weighted by molar-refractivity contribution is 5.98. The van der Waals surface area contributed by atoms with Gasteiger partial charge in [-0.1, -0.05) is 13.0 Å². The van der Waals surface area contributed by atoms with Crippen molar-refractivity contribution in [3.05, 3.63) is 58.7 Å². The molecule has 2 aromatic heterocycles. The molecular weight excluding hydrogens is 656 g/mol. The van der Waals surface area contributed by atoms with Crippen molar-refractivity contribution in [1.29, 1.82) is 0 Å². The second-order valence-electron chi connectivity index (χ2n) is 14.3. The number of phenolic OH excluding ortho intramolecular Hbond substituents is 1. The molecule has 2 saturated heterocycles. The Hall–Kier alpha value is -4.72. The molecule has 14 heteroatoms. The van der Waals surface area contributed by atoms with Gasteiger partial charge in [0.15, 0.2) is 5.82 Å². The quantitative estimate of drug-likeness (QED) is 0.277. The minimum Gasteiger partial charge on any atom is -0.508 e. The summed E-state index contributed by atoms with van der Waals surface area (Å²) in [6.07, 6.45) is 3.42. The van der Waals surface area contributed by atoms with Crippen LogP contribution in [0.5, 0.6) is 11.8 Å². The summed E-state index contributed by atoms with van der Waals surface area (Å²) in [5.74, 6) is 1.22. The number of anilines is 3. The minimum atomic E-state index is -0.869. The number of ether oxygens (including phenoxy) is 1. The van der Waals surface area contributed by atoms with E-state index in [9.17, 15) is 14.3 Å². The predicted octanol–water partition coefficient (Wildman–Crippen LogP) is 4.94. The lowest BCUT2D eigenvalue weighted by atomic mass is 9.95. The van der Waals surface area contributed by atoms with Crippen LogP contribution in [0.1, 0.15) is 55.1 Å². The number of hydrogen-bond acceptors (Lipinski definition) is 9. The van der Waals surface area contributed by atoms with Gasteiger partial charge in [-0.05, 0) is 61.7 Å². The molecule has 2 atom stereocenters. The van der Waals surface area contributed by atoms with Gasteiger partial charge in [-0.25, -0.2) is 13.6 Å².